The minimum absolute atomic E-state index is 0.298. The first kappa shape index (κ1) is 19.0. The van der Waals surface area contributed by atoms with Gasteiger partial charge in [-0.3, -0.25) is 15.0 Å². The molecule has 0 spiro atoms. The first-order chi connectivity index (χ1) is 11.6. The highest BCUT2D eigenvalue weighted by Crippen LogP contribution is 2.21. The van der Waals surface area contributed by atoms with Gasteiger partial charge in [0.05, 0.1) is 5.54 Å². The third-order valence-corrected chi connectivity index (χ3v) is 4.07. The van der Waals surface area contributed by atoms with Gasteiger partial charge in [0, 0.05) is 16.1 Å². The molecule has 0 aromatic heterocycles. The topological polar surface area (TPSA) is 49.4 Å². The van der Waals surface area contributed by atoms with Crippen molar-refractivity contribution in [2.45, 2.75) is 40.2 Å². The van der Waals surface area contributed by atoms with E-state index in [1.54, 1.807) is 30.3 Å². The summed E-state index contributed by atoms with van der Waals surface area (Å²) in [6, 6.07) is 12.3. The Hall–Kier alpha value is -2.33. The molecule has 2 aromatic carbocycles. The lowest BCUT2D eigenvalue weighted by Crippen LogP contribution is -2.56. The highest BCUT2D eigenvalue weighted by atomic mass is 35.5. The molecule has 0 aliphatic carbocycles. The van der Waals surface area contributed by atoms with Crippen molar-refractivity contribution in [2.24, 2.45) is 0 Å². The van der Waals surface area contributed by atoms with Crippen LogP contribution in [0.25, 0.3) is 0 Å². The largest absolute Gasteiger partial charge is 0.273 e. The summed E-state index contributed by atoms with van der Waals surface area (Å²) in [6.07, 6.45) is 0. The first-order valence-corrected chi connectivity index (χ1v) is 8.46. The SMILES string of the molecule is Cc1ccc(C(=O)NN(C(=O)c2cc(Cl)ccc2C)C(C)(C)C)cc1. The molecule has 132 valence electrons. The molecule has 0 aliphatic heterocycles. The number of amides is 2. The maximum atomic E-state index is 13.0. The Bertz CT molecular complexity index is 792. The van der Waals surface area contributed by atoms with Crippen LogP contribution in [0.2, 0.25) is 5.02 Å². The summed E-state index contributed by atoms with van der Waals surface area (Å²) in [5.74, 6) is -0.629. The Labute approximate surface area is 153 Å². The molecule has 2 amide bonds. The van der Waals surface area contributed by atoms with Crippen molar-refractivity contribution < 1.29 is 9.59 Å². The predicted molar refractivity (Wildman–Crippen MR) is 101 cm³/mol. The molecule has 4 nitrogen and oxygen atoms in total. The van der Waals surface area contributed by atoms with Gasteiger partial charge in [-0.15, -0.1) is 0 Å². The van der Waals surface area contributed by atoms with Crippen molar-refractivity contribution in [2.75, 3.05) is 0 Å². The molecule has 0 unspecified atom stereocenters. The van der Waals surface area contributed by atoms with E-state index in [9.17, 15) is 9.59 Å². The summed E-state index contributed by atoms with van der Waals surface area (Å²) < 4.78 is 0. The number of halogens is 1. The van der Waals surface area contributed by atoms with Gasteiger partial charge in [-0.05, 0) is 64.4 Å². The van der Waals surface area contributed by atoms with Crippen LogP contribution in [0.15, 0.2) is 42.5 Å². The zero-order valence-corrected chi connectivity index (χ0v) is 15.9. The number of hydrogen-bond donors (Lipinski definition) is 1. The summed E-state index contributed by atoms with van der Waals surface area (Å²) in [7, 11) is 0. The van der Waals surface area contributed by atoms with Gasteiger partial charge in [0.15, 0.2) is 0 Å². The molecule has 5 heteroatoms. The van der Waals surface area contributed by atoms with Crippen molar-refractivity contribution >= 4 is 23.4 Å². The van der Waals surface area contributed by atoms with Crippen molar-refractivity contribution in [3.8, 4) is 0 Å². The fraction of sp³-hybridized carbons (Fsp3) is 0.300. The second-order valence-corrected chi connectivity index (χ2v) is 7.51. The molecule has 0 saturated carbocycles. The quantitative estimate of drug-likeness (QED) is 0.801. The van der Waals surface area contributed by atoms with Gasteiger partial charge in [-0.2, -0.15) is 0 Å². The number of nitrogens with zero attached hydrogens (tertiary/aromatic N) is 1. The van der Waals surface area contributed by atoms with E-state index in [1.165, 1.54) is 5.01 Å². The van der Waals surface area contributed by atoms with Crippen LogP contribution < -0.4 is 5.43 Å². The Morgan fingerprint density at radius 2 is 1.60 bits per heavy atom. The zero-order valence-electron chi connectivity index (χ0n) is 15.2. The van der Waals surface area contributed by atoms with Crippen LogP contribution in [0.4, 0.5) is 0 Å². The summed E-state index contributed by atoms with van der Waals surface area (Å²) in [4.78, 5) is 25.6. The lowest BCUT2D eigenvalue weighted by atomic mass is 10.0. The maximum absolute atomic E-state index is 13.0. The molecule has 0 aliphatic rings. The van der Waals surface area contributed by atoms with E-state index in [-0.39, 0.29) is 11.8 Å². The van der Waals surface area contributed by atoms with Crippen molar-refractivity contribution in [3.63, 3.8) is 0 Å². The first-order valence-electron chi connectivity index (χ1n) is 8.08. The molecule has 0 atom stereocenters. The van der Waals surface area contributed by atoms with Crippen molar-refractivity contribution in [1.82, 2.24) is 10.4 Å². The molecule has 0 bridgehead atoms. The smallest absolute Gasteiger partial charge is 0.267 e. The molecule has 0 radical (unpaired) electrons. The monoisotopic (exact) mass is 358 g/mol. The Morgan fingerprint density at radius 1 is 1.00 bits per heavy atom. The average molecular weight is 359 g/mol. The average Bonchev–Trinajstić information content (AvgIpc) is 2.53. The summed E-state index contributed by atoms with van der Waals surface area (Å²) in [5, 5.41) is 1.83. The van der Waals surface area contributed by atoms with E-state index >= 15 is 0 Å². The Balaban J connectivity index is 2.33. The minimum Gasteiger partial charge on any atom is -0.267 e. The summed E-state index contributed by atoms with van der Waals surface area (Å²) in [5.41, 5.74) is 4.96. The minimum atomic E-state index is -0.605. The molecule has 25 heavy (non-hydrogen) atoms. The molecule has 1 N–H and O–H groups in total. The van der Waals surface area contributed by atoms with Gasteiger partial charge in [0.2, 0.25) is 0 Å². The van der Waals surface area contributed by atoms with E-state index < -0.39 is 5.54 Å². The number of carbonyl (C=O) groups excluding carboxylic acids is 2. The normalized spacial score (nSPS) is 11.1. The lowest BCUT2D eigenvalue weighted by molar-refractivity contribution is 0.0358. The molecule has 2 aromatic rings. The summed E-state index contributed by atoms with van der Waals surface area (Å²) in [6.45, 7) is 9.38. The highest BCUT2D eigenvalue weighted by molar-refractivity contribution is 6.31. The van der Waals surface area contributed by atoms with Crippen LogP contribution in [0.5, 0.6) is 0 Å². The fourth-order valence-electron chi connectivity index (χ4n) is 2.34. The second-order valence-electron chi connectivity index (χ2n) is 7.08. The number of carbonyl (C=O) groups is 2. The van der Waals surface area contributed by atoms with Crippen LogP contribution in [-0.4, -0.2) is 22.4 Å². The summed E-state index contributed by atoms with van der Waals surface area (Å²) >= 11 is 6.04. The number of hydrazine groups is 1. The van der Waals surface area contributed by atoms with Crippen LogP contribution in [-0.2, 0) is 0 Å². The van der Waals surface area contributed by atoms with E-state index in [4.69, 9.17) is 11.6 Å². The molecule has 0 fully saturated rings. The van der Waals surface area contributed by atoms with E-state index in [2.05, 4.69) is 5.43 Å². The maximum Gasteiger partial charge on any atom is 0.273 e. The van der Waals surface area contributed by atoms with Gasteiger partial charge >= 0.3 is 0 Å². The van der Waals surface area contributed by atoms with E-state index in [0.29, 0.717) is 16.1 Å². The zero-order chi connectivity index (χ0) is 18.8. The van der Waals surface area contributed by atoms with E-state index in [0.717, 1.165) is 11.1 Å². The molecule has 2 rings (SSSR count). The third-order valence-electron chi connectivity index (χ3n) is 3.83. The van der Waals surface area contributed by atoms with Gasteiger partial charge in [0.25, 0.3) is 11.8 Å². The Kier molecular flexibility index (Phi) is 5.53. The molecular formula is C20H23ClN2O2. The van der Waals surface area contributed by atoms with E-state index in [1.807, 2.05) is 46.8 Å². The molecule has 0 saturated heterocycles. The number of aryl methyl sites for hydroxylation is 2. The number of rotatable bonds is 2. The number of hydrogen-bond acceptors (Lipinski definition) is 2. The van der Waals surface area contributed by atoms with Crippen molar-refractivity contribution in [1.29, 1.82) is 0 Å². The van der Waals surface area contributed by atoms with Crippen molar-refractivity contribution in [3.05, 3.63) is 69.7 Å². The molecular weight excluding hydrogens is 336 g/mol. The number of benzene rings is 2. The third kappa shape index (κ3) is 4.60. The number of nitrogens with one attached hydrogen (secondary N) is 1. The van der Waals surface area contributed by atoms with Gasteiger partial charge < -0.3 is 0 Å². The predicted octanol–water partition coefficient (Wildman–Crippen LogP) is 4.54. The fourth-order valence-corrected chi connectivity index (χ4v) is 2.51. The lowest BCUT2D eigenvalue weighted by Gasteiger charge is -2.35. The van der Waals surface area contributed by atoms with Gasteiger partial charge in [0.1, 0.15) is 0 Å². The van der Waals surface area contributed by atoms with Gasteiger partial charge in [-0.1, -0.05) is 35.4 Å². The van der Waals surface area contributed by atoms with Crippen LogP contribution in [0.1, 0.15) is 52.6 Å². The van der Waals surface area contributed by atoms with Crippen LogP contribution in [0.3, 0.4) is 0 Å². The van der Waals surface area contributed by atoms with Crippen LogP contribution in [0, 0.1) is 13.8 Å². The highest BCUT2D eigenvalue weighted by Gasteiger charge is 2.30. The Morgan fingerprint density at radius 3 is 2.16 bits per heavy atom. The van der Waals surface area contributed by atoms with Crippen LogP contribution >= 0.6 is 11.6 Å². The standard InChI is InChI=1S/C20H23ClN2O2/c1-13-6-9-15(10-7-13)18(24)22-23(20(3,4)5)19(25)17-12-16(21)11-8-14(17)2/h6-12H,1-5H3,(H,22,24). The van der Waals surface area contributed by atoms with Gasteiger partial charge in [-0.25, -0.2) is 5.01 Å². The second kappa shape index (κ2) is 7.28. The molecule has 0 heterocycles.